The highest BCUT2D eigenvalue weighted by Crippen LogP contribution is 2.37. The summed E-state index contributed by atoms with van der Waals surface area (Å²) in [5.74, 6) is -0.00172. The van der Waals surface area contributed by atoms with E-state index in [0.717, 1.165) is 32.4 Å². The Morgan fingerprint density at radius 2 is 1.55 bits per heavy atom. The molecule has 2 aliphatic heterocycles. The van der Waals surface area contributed by atoms with Crippen molar-refractivity contribution < 1.29 is 23.5 Å². The lowest BCUT2D eigenvalue weighted by atomic mass is 10.0. The molecule has 1 saturated heterocycles. The average molecular weight is 424 g/mol. The van der Waals surface area contributed by atoms with Crippen LogP contribution in [0.5, 0.6) is 11.5 Å². The molecule has 0 spiro atoms. The zero-order valence-electron chi connectivity index (χ0n) is 17.7. The summed E-state index contributed by atoms with van der Waals surface area (Å²) in [6.45, 7) is 1.55. The SMILES string of the molecule is COc1ccc(C2=C(N3CCCCC3)C(=O)N(Cc3ccc(F)cc3)C2=O)cc1OC. The van der Waals surface area contributed by atoms with Gasteiger partial charge in [-0.3, -0.25) is 14.5 Å². The van der Waals surface area contributed by atoms with Crippen LogP contribution >= 0.6 is 0 Å². The Balaban J connectivity index is 1.75. The molecule has 0 aromatic heterocycles. The minimum atomic E-state index is -0.360. The van der Waals surface area contributed by atoms with E-state index in [0.29, 0.717) is 33.9 Å². The van der Waals surface area contributed by atoms with Crippen molar-refractivity contribution >= 4 is 17.4 Å². The van der Waals surface area contributed by atoms with Crippen LogP contribution in [0.25, 0.3) is 5.57 Å². The summed E-state index contributed by atoms with van der Waals surface area (Å²) in [6.07, 6.45) is 3.06. The molecule has 7 heteroatoms. The first-order chi connectivity index (χ1) is 15.0. The summed E-state index contributed by atoms with van der Waals surface area (Å²) in [7, 11) is 3.08. The van der Waals surface area contributed by atoms with Gasteiger partial charge in [0, 0.05) is 13.1 Å². The number of ether oxygens (including phenoxy) is 2. The first kappa shape index (κ1) is 20.9. The van der Waals surface area contributed by atoms with Crippen molar-refractivity contribution in [2.24, 2.45) is 0 Å². The molecule has 0 bridgehead atoms. The van der Waals surface area contributed by atoms with E-state index in [1.807, 2.05) is 4.90 Å². The number of carbonyl (C=O) groups excluding carboxylic acids is 2. The van der Waals surface area contributed by atoms with Gasteiger partial charge in [-0.1, -0.05) is 18.2 Å². The van der Waals surface area contributed by atoms with Crippen LogP contribution in [0.3, 0.4) is 0 Å². The monoisotopic (exact) mass is 424 g/mol. The number of halogens is 1. The van der Waals surface area contributed by atoms with Crippen molar-refractivity contribution in [2.75, 3.05) is 27.3 Å². The Morgan fingerprint density at radius 3 is 2.19 bits per heavy atom. The van der Waals surface area contributed by atoms with Gasteiger partial charge in [0.05, 0.1) is 26.3 Å². The zero-order valence-corrected chi connectivity index (χ0v) is 17.7. The van der Waals surface area contributed by atoms with E-state index in [-0.39, 0.29) is 24.2 Å². The van der Waals surface area contributed by atoms with Crippen LogP contribution in [0.1, 0.15) is 30.4 Å². The van der Waals surface area contributed by atoms with Crippen LogP contribution in [0, 0.1) is 5.82 Å². The van der Waals surface area contributed by atoms with Crippen LogP contribution in [0.2, 0.25) is 0 Å². The summed E-state index contributed by atoms with van der Waals surface area (Å²) in [5, 5.41) is 0. The number of imide groups is 1. The third-order valence-corrected chi connectivity index (χ3v) is 5.74. The molecule has 1 fully saturated rings. The Bertz CT molecular complexity index is 1030. The number of methoxy groups -OCH3 is 2. The number of carbonyl (C=O) groups is 2. The molecule has 0 aliphatic carbocycles. The second kappa shape index (κ2) is 8.79. The van der Waals surface area contributed by atoms with E-state index < -0.39 is 0 Å². The third kappa shape index (κ3) is 4.00. The fourth-order valence-corrected chi connectivity index (χ4v) is 4.14. The molecular weight excluding hydrogens is 399 g/mol. The molecular formula is C24H25FN2O4. The Labute approximate surface area is 180 Å². The van der Waals surface area contributed by atoms with E-state index in [9.17, 15) is 14.0 Å². The van der Waals surface area contributed by atoms with Crippen molar-refractivity contribution in [1.82, 2.24) is 9.80 Å². The van der Waals surface area contributed by atoms with Gasteiger partial charge in [-0.2, -0.15) is 0 Å². The Hall–Kier alpha value is -3.35. The van der Waals surface area contributed by atoms with Crippen LogP contribution in [0.15, 0.2) is 48.2 Å². The minimum Gasteiger partial charge on any atom is -0.493 e. The number of amides is 2. The fraction of sp³-hybridized carbons (Fsp3) is 0.333. The van der Waals surface area contributed by atoms with Crippen molar-refractivity contribution in [3.05, 3.63) is 65.1 Å². The highest BCUT2D eigenvalue weighted by atomic mass is 19.1. The summed E-state index contributed by atoms with van der Waals surface area (Å²) >= 11 is 0. The second-order valence-corrected chi connectivity index (χ2v) is 7.66. The summed E-state index contributed by atoms with van der Waals surface area (Å²) in [4.78, 5) is 30.1. The summed E-state index contributed by atoms with van der Waals surface area (Å²) in [5.41, 5.74) is 2.10. The largest absolute Gasteiger partial charge is 0.493 e. The molecule has 2 amide bonds. The number of hydrogen-bond donors (Lipinski definition) is 0. The second-order valence-electron chi connectivity index (χ2n) is 7.66. The number of nitrogens with zero attached hydrogens (tertiary/aromatic N) is 2. The zero-order chi connectivity index (χ0) is 22.0. The maximum Gasteiger partial charge on any atom is 0.278 e. The van der Waals surface area contributed by atoms with E-state index >= 15 is 0 Å². The van der Waals surface area contributed by atoms with Crippen molar-refractivity contribution in [3.63, 3.8) is 0 Å². The lowest BCUT2D eigenvalue weighted by Crippen LogP contribution is -2.36. The van der Waals surface area contributed by atoms with Crippen LogP contribution < -0.4 is 9.47 Å². The van der Waals surface area contributed by atoms with Gasteiger partial charge in [-0.05, 0) is 54.7 Å². The molecule has 4 rings (SSSR count). The van der Waals surface area contributed by atoms with Gasteiger partial charge in [0.25, 0.3) is 11.8 Å². The molecule has 0 atom stereocenters. The maximum absolute atomic E-state index is 13.5. The average Bonchev–Trinajstić information content (AvgIpc) is 3.05. The topological polar surface area (TPSA) is 59.1 Å². The Morgan fingerprint density at radius 1 is 0.871 bits per heavy atom. The molecule has 0 saturated carbocycles. The normalized spacial score (nSPS) is 16.9. The van der Waals surface area contributed by atoms with Gasteiger partial charge in [0.1, 0.15) is 11.5 Å². The van der Waals surface area contributed by atoms with Crippen LogP contribution in [-0.4, -0.2) is 48.9 Å². The highest BCUT2D eigenvalue weighted by Gasteiger charge is 2.42. The van der Waals surface area contributed by atoms with E-state index in [1.54, 1.807) is 37.4 Å². The molecule has 0 unspecified atom stereocenters. The van der Waals surface area contributed by atoms with Gasteiger partial charge >= 0.3 is 0 Å². The molecule has 162 valence electrons. The van der Waals surface area contributed by atoms with Crippen molar-refractivity contribution in [1.29, 1.82) is 0 Å². The quantitative estimate of drug-likeness (QED) is 0.663. The van der Waals surface area contributed by atoms with Gasteiger partial charge in [-0.15, -0.1) is 0 Å². The molecule has 0 N–H and O–H groups in total. The van der Waals surface area contributed by atoms with Gasteiger partial charge < -0.3 is 14.4 Å². The Kier molecular flexibility index (Phi) is 5.93. The van der Waals surface area contributed by atoms with Crippen LogP contribution in [-0.2, 0) is 16.1 Å². The van der Waals surface area contributed by atoms with Gasteiger partial charge in [0.15, 0.2) is 11.5 Å². The number of hydrogen-bond acceptors (Lipinski definition) is 5. The van der Waals surface area contributed by atoms with Crippen LogP contribution in [0.4, 0.5) is 4.39 Å². The molecule has 6 nitrogen and oxygen atoms in total. The maximum atomic E-state index is 13.5. The van der Waals surface area contributed by atoms with Crippen molar-refractivity contribution in [2.45, 2.75) is 25.8 Å². The predicted octanol–water partition coefficient (Wildman–Crippen LogP) is 3.61. The lowest BCUT2D eigenvalue weighted by molar-refractivity contribution is -0.138. The molecule has 2 aromatic carbocycles. The third-order valence-electron chi connectivity index (χ3n) is 5.74. The number of piperidine rings is 1. The van der Waals surface area contributed by atoms with E-state index in [2.05, 4.69) is 0 Å². The smallest absolute Gasteiger partial charge is 0.278 e. The molecule has 2 aliphatic rings. The molecule has 2 heterocycles. The summed E-state index contributed by atoms with van der Waals surface area (Å²) in [6, 6.07) is 11.1. The summed E-state index contributed by atoms with van der Waals surface area (Å²) < 4.78 is 24.0. The number of rotatable bonds is 6. The predicted molar refractivity (Wildman–Crippen MR) is 114 cm³/mol. The van der Waals surface area contributed by atoms with E-state index in [4.69, 9.17) is 9.47 Å². The standard InChI is InChI=1S/C24H25FN2O4/c1-30-19-11-8-17(14-20(19)31-2)21-22(26-12-4-3-5-13-26)24(29)27(23(21)28)15-16-6-9-18(25)10-7-16/h6-11,14H,3-5,12-13,15H2,1-2H3. The van der Waals surface area contributed by atoms with Gasteiger partial charge in [0.2, 0.25) is 0 Å². The van der Waals surface area contributed by atoms with Crippen molar-refractivity contribution in [3.8, 4) is 11.5 Å². The first-order valence-electron chi connectivity index (χ1n) is 10.4. The molecule has 0 radical (unpaired) electrons. The minimum absolute atomic E-state index is 0.0894. The van der Waals surface area contributed by atoms with Gasteiger partial charge in [-0.25, -0.2) is 4.39 Å². The lowest BCUT2D eigenvalue weighted by Gasteiger charge is -2.29. The fourth-order valence-electron chi connectivity index (χ4n) is 4.14. The first-order valence-corrected chi connectivity index (χ1v) is 10.4. The molecule has 2 aromatic rings. The highest BCUT2D eigenvalue weighted by molar-refractivity contribution is 6.35. The number of benzene rings is 2. The molecule has 31 heavy (non-hydrogen) atoms. The number of likely N-dealkylation sites (tertiary alicyclic amines) is 1. The van der Waals surface area contributed by atoms with E-state index in [1.165, 1.54) is 24.1 Å².